The highest BCUT2D eigenvalue weighted by molar-refractivity contribution is 9.10. The van der Waals surface area contributed by atoms with Crippen molar-refractivity contribution in [1.29, 1.82) is 0 Å². The molecule has 1 aromatic heterocycles. The summed E-state index contributed by atoms with van der Waals surface area (Å²) in [6, 6.07) is 13.4. The highest BCUT2D eigenvalue weighted by Gasteiger charge is 2.14. The summed E-state index contributed by atoms with van der Waals surface area (Å²) in [5, 5.41) is 14.0. The van der Waals surface area contributed by atoms with Gasteiger partial charge in [-0.25, -0.2) is 0 Å². The third kappa shape index (κ3) is 2.97. The van der Waals surface area contributed by atoms with Crippen LogP contribution in [0.15, 0.2) is 51.5 Å². The van der Waals surface area contributed by atoms with Crippen molar-refractivity contribution in [1.82, 2.24) is 10.1 Å². The van der Waals surface area contributed by atoms with Gasteiger partial charge in [0.25, 0.3) is 5.89 Å². The second kappa shape index (κ2) is 5.69. The standard InChI is InChI=1S/C16H13BrN2O2/c1-10-3-2-4-13(15(10)20)16-18-14(19-21-16)9-11-5-7-12(17)8-6-11/h2-8,20H,9H2,1H3. The summed E-state index contributed by atoms with van der Waals surface area (Å²) in [5.74, 6) is 1.10. The van der Waals surface area contributed by atoms with Gasteiger partial charge in [0.15, 0.2) is 5.82 Å². The zero-order chi connectivity index (χ0) is 14.8. The van der Waals surface area contributed by atoms with Crippen molar-refractivity contribution in [3.05, 3.63) is 63.9 Å². The summed E-state index contributed by atoms with van der Waals surface area (Å²) in [6.07, 6.45) is 0.587. The van der Waals surface area contributed by atoms with Crippen molar-refractivity contribution in [2.24, 2.45) is 0 Å². The molecule has 0 saturated heterocycles. The van der Waals surface area contributed by atoms with Crippen molar-refractivity contribution >= 4 is 15.9 Å². The smallest absolute Gasteiger partial charge is 0.261 e. The number of aryl methyl sites for hydroxylation is 1. The molecule has 0 unspecified atom stereocenters. The summed E-state index contributed by atoms with van der Waals surface area (Å²) < 4.78 is 6.28. The van der Waals surface area contributed by atoms with Crippen LogP contribution in [0, 0.1) is 6.92 Å². The highest BCUT2D eigenvalue weighted by Crippen LogP contribution is 2.30. The fourth-order valence-electron chi connectivity index (χ4n) is 2.05. The quantitative estimate of drug-likeness (QED) is 0.776. The second-order valence-electron chi connectivity index (χ2n) is 4.79. The number of aromatic nitrogens is 2. The summed E-state index contributed by atoms with van der Waals surface area (Å²) in [7, 11) is 0. The van der Waals surface area contributed by atoms with Gasteiger partial charge < -0.3 is 9.63 Å². The lowest BCUT2D eigenvalue weighted by molar-refractivity contribution is 0.418. The maximum absolute atomic E-state index is 10.0. The molecule has 0 radical (unpaired) electrons. The molecule has 3 aromatic rings. The van der Waals surface area contributed by atoms with Crippen molar-refractivity contribution in [3.63, 3.8) is 0 Å². The topological polar surface area (TPSA) is 59.2 Å². The maximum atomic E-state index is 10.0. The molecule has 5 heteroatoms. The number of nitrogens with zero attached hydrogens (tertiary/aromatic N) is 2. The summed E-state index contributed by atoms with van der Waals surface area (Å²) in [5.41, 5.74) is 2.43. The molecular formula is C16H13BrN2O2. The van der Waals surface area contributed by atoms with E-state index in [0.29, 0.717) is 23.7 Å². The molecule has 1 heterocycles. The van der Waals surface area contributed by atoms with Crippen LogP contribution in [0.4, 0.5) is 0 Å². The van der Waals surface area contributed by atoms with E-state index in [-0.39, 0.29) is 5.75 Å². The molecule has 0 fully saturated rings. The molecule has 0 aliphatic rings. The molecule has 106 valence electrons. The van der Waals surface area contributed by atoms with Crippen molar-refractivity contribution in [2.75, 3.05) is 0 Å². The first kappa shape index (κ1) is 13.8. The summed E-state index contributed by atoms with van der Waals surface area (Å²) >= 11 is 3.40. The molecule has 1 N–H and O–H groups in total. The van der Waals surface area contributed by atoms with E-state index in [1.54, 1.807) is 6.07 Å². The zero-order valence-corrected chi connectivity index (χ0v) is 13.0. The van der Waals surface area contributed by atoms with Gasteiger partial charge in [-0.05, 0) is 36.2 Å². The molecular weight excluding hydrogens is 332 g/mol. The molecule has 0 bridgehead atoms. The van der Waals surface area contributed by atoms with Crippen LogP contribution >= 0.6 is 15.9 Å². The minimum atomic E-state index is 0.177. The minimum Gasteiger partial charge on any atom is -0.507 e. The van der Waals surface area contributed by atoms with E-state index in [9.17, 15) is 5.11 Å². The SMILES string of the molecule is Cc1cccc(-c2nc(Cc3ccc(Br)cc3)no2)c1O. The predicted octanol–water partition coefficient (Wildman–Crippen LogP) is 4.10. The van der Waals surface area contributed by atoms with Crippen LogP contribution in [-0.4, -0.2) is 15.2 Å². The van der Waals surface area contributed by atoms with Crippen LogP contribution in [0.25, 0.3) is 11.5 Å². The number of phenolic OH excluding ortho intramolecular Hbond substituents is 1. The zero-order valence-electron chi connectivity index (χ0n) is 11.4. The Labute approximate surface area is 130 Å². The van der Waals surface area contributed by atoms with Gasteiger partial charge >= 0.3 is 0 Å². The first-order chi connectivity index (χ1) is 10.1. The van der Waals surface area contributed by atoms with Crippen LogP contribution in [0.1, 0.15) is 17.0 Å². The van der Waals surface area contributed by atoms with Gasteiger partial charge in [0.2, 0.25) is 0 Å². The van der Waals surface area contributed by atoms with Crippen molar-refractivity contribution < 1.29 is 9.63 Å². The number of para-hydroxylation sites is 1. The summed E-state index contributed by atoms with van der Waals surface area (Å²) in [6.45, 7) is 1.83. The second-order valence-corrected chi connectivity index (χ2v) is 5.71. The molecule has 2 aromatic carbocycles. The number of aromatic hydroxyl groups is 1. The first-order valence-corrected chi connectivity index (χ1v) is 7.29. The average Bonchev–Trinajstić information content (AvgIpc) is 2.93. The Morgan fingerprint density at radius 3 is 2.67 bits per heavy atom. The Bertz CT molecular complexity index is 766. The van der Waals surface area contributed by atoms with Crippen LogP contribution < -0.4 is 0 Å². The van der Waals surface area contributed by atoms with Crippen molar-refractivity contribution in [2.45, 2.75) is 13.3 Å². The van der Waals surface area contributed by atoms with Crippen LogP contribution in [0.3, 0.4) is 0 Å². The monoisotopic (exact) mass is 344 g/mol. The fourth-order valence-corrected chi connectivity index (χ4v) is 2.32. The van der Waals surface area contributed by atoms with Gasteiger partial charge in [-0.15, -0.1) is 0 Å². The van der Waals surface area contributed by atoms with E-state index < -0.39 is 0 Å². The fraction of sp³-hybridized carbons (Fsp3) is 0.125. The van der Waals surface area contributed by atoms with Gasteiger partial charge in [-0.3, -0.25) is 0 Å². The minimum absolute atomic E-state index is 0.177. The lowest BCUT2D eigenvalue weighted by Gasteiger charge is -2.01. The van der Waals surface area contributed by atoms with Gasteiger partial charge in [0.05, 0.1) is 5.56 Å². The number of hydrogen-bond donors (Lipinski definition) is 1. The molecule has 0 amide bonds. The van der Waals surface area contributed by atoms with E-state index in [1.807, 2.05) is 43.3 Å². The number of rotatable bonds is 3. The van der Waals surface area contributed by atoms with E-state index in [2.05, 4.69) is 26.1 Å². The molecule has 0 aliphatic carbocycles. The van der Waals surface area contributed by atoms with E-state index in [0.717, 1.165) is 15.6 Å². The molecule has 21 heavy (non-hydrogen) atoms. The van der Waals surface area contributed by atoms with Gasteiger partial charge in [0.1, 0.15) is 5.75 Å². The Balaban J connectivity index is 1.86. The number of phenols is 1. The number of benzene rings is 2. The van der Waals surface area contributed by atoms with E-state index >= 15 is 0 Å². The Morgan fingerprint density at radius 1 is 1.14 bits per heavy atom. The van der Waals surface area contributed by atoms with Crippen molar-refractivity contribution in [3.8, 4) is 17.2 Å². The lowest BCUT2D eigenvalue weighted by Crippen LogP contribution is -1.90. The molecule has 0 aliphatic heterocycles. The Hall–Kier alpha value is -2.14. The maximum Gasteiger partial charge on any atom is 0.261 e. The lowest BCUT2D eigenvalue weighted by atomic mass is 10.1. The molecule has 4 nitrogen and oxygen atoms in total. The highest BCUT2D eigenvalue weighted by atomic mass is 79.9. The van der Waals surface area contributed by atoms with Crippen LogP contribution in [-0.2, 0) is 6.42 Å². The Kier molecular flexibility index (Phi) is 3.75. The normalized spacial score (nSPS) is 10.8. The molecule has 0 spiro atoms. The van der Waals surface area contributed by atoms with Gasteiger partial charge in [0, 0.05) is 10.9 Å². The molecule has 3 rings (SSSR count). The summed E-state index contributed by atoms with van der Waals surface area (Å²) in [4.78, 5) is 4.35. The molecule has 0 atom stereocenters. The van der Waals surface area contributed by atoms with E-state index in [1.165, 1.54) is 0 Å². The predicted molar refractivity (Wildman–Crippen MR) is 83.1 cm³/mol. The average molecular weight is 345 g/mol. The van der Waals surface area contributed by atoms with Gasteiger partial charge in [-0.1, -0.05) is 45.4 Å². The van der Waals surface area contributed by atoms with Crippen LogP contribution in [0.5, 0.6) is 5.75 Å². The van der Waals surface area contributed by atoms with Gasteiger partial charge in [-0.2, -0.15) is 4.98 Å². The number of halogens is 1. The number of hydrogen-bond acceptors (Lipinski definition) is 4. The largest absolute Gasteiger partial charge is 0.507 e. The Morgan fingerprint density at radius 2 is 1.90 bits per heavy atom. The first-order valence-electron chi connectivity index (χ1n) is 6.49. The molecule has 0 saturated carbocycles. The third-order valence-electron chi connectivity index (χ3n) is 3.21. The van der Waals surface area contributed by atoms with Crippen LogP contribution in [0.2, 0.25) is 0 Å². The van der Waals surface area contributed by atoms with E-state index in [4.69, 9.17) is 4.52 Å². The third-order valence-corrected chi connectivity index (χ3v) is 3.74.